The van der Waals surface area contributed by atoms with Crippen molar-refractivity contribution in [1.82, 2.24) is 5.32 Å². The monoisotopic (exact) mass is 341 g/mol. The lowest BCUT2D eigenvalue weighted by atomic mass is 9.99. The van der Waals surface area contributed by atoms with Gasteiger partial charge in [-0.3, -0.25) is 0 Å². The van der Waals surface area contributed by atoms with E-state index >= 15 is 0 Å². The zero-order valence-electron chi connectivity index (χ0n) is 11.0. The van der Waals surface area contributed by atoms with Crippen LogP contribution in [0.5, 0.6) is 0 Å². The third kappa shape index (κ3) is 3.62. The highest BCUT2D eigenvalue weighted by Gasteiger charge is 2.19. The Morgan fingerprint density at radius 2 is 2.11 bits per heavy atom. The molecule has 1 heterocycles. The largest absolute Gasteiger partial charge is 0.452 e. The van der Waals surface area contributed by atoms with Gasteiger partial charge in [0.05, 0.1) is 6.04 Å². The Kier molecular flexibility index (Phi) is 5.08. The zero-order valence-corrected chi connectivity index (χ0v) is 13.4. The Labute approximate surface area is 127 Å². The molecule has 2 rings (SSSR count). The molecule has 0 aliphatic heterocycles. The first-order chi connectivity index (χ1) is 9.11. The second-order valence-corrected chi connectivity index (χ2v) is 5.75. The predicted molar refractivity (Wildman–Crippen MR) is 82.7 cm³/mol. The van der Waals surface area contributed by atoms with E-state index in [1.165, 1.54) is 5.56 Å². The van der Waals surface area contributed by atoms with Crippen LogP contribution in [0.15, 0.2) is 39.4 Å². The molecule has 1 aromatic carbocycles. The lowest BCUT2D eigenvalue weighted by molar-refractivity contribution is 0.432. The Morgan fingerprint density at radius 1 is 1.32 bits per heavy atom. The summed E-state index contributed by atoms with van der Waals surface area (Å²) in [5.74, 6) is 0.894. The quantitative estimate of drug-likeness (QED) is 0.818. The van der Waals surface area contributed by atoms with E-state index in [0.717, 1.165) is 34.0 Å². The fraction of sp³-hybridized carbons (Fsp3) is 0.333. The minimum absolute atomic E-state index is 0.0324. The Bertz CT molecular complexity index is 553. The molecule has 1 aromatic heterocycles. The number of halogens is 2. The number of furan rings is 1. The molecule has 19 heavy (non-hydrogen) atoms. The molecular weight excluding hydrogens is 326 g/mol. The van der Waals surface area contributed by atoms with Gasteiger partial charge in [-0.2, -0.15) is 0 Å². The van der Waals surface area contributed by atoms with Crippen molar-refractivity contribution in [2.45, 2.75) is 26.3 Å². The van der Waals surface area contributed by atoms with E-state index in [4.69, 9.17) is 16.0 Å². The van der Waals surface area contributed by atoms with Crippen molar-refractivity contribution in [1.29, 1.82) is 0 Å². The summed E-state index contributed by atoms with van der Waals surface area (Å²) < 4.78 is 6.44. The van der Waals surface area contributed by atoms with Gasteiger partial charge in [0.15, 0.2) is 4.67 Å². The van der Waals surface area contributed by atoms with E-state index in [-0.39, 0.29) is 6.04 Å². The summed E-state index contributed by atoms with van der Waals surface area (Å²) >= 11 is 9.47. The van der Waals surface area contributed by atoms with Gasteiger partial charge in [0.25, 0.3) is 0 Å². The first-order valence-electron chi connectivity index (χ1n) is 6.36. The van der Waals surface area contributed by atoms with Crippen LogP contribution >= 0.6 is 27.5 Å². The van der Waals surface area contributed by atoms with Crippen LogP contribution in [0.25, 0.3) is 0 Å². The van der Waals surface area contributed by atoms with E-state index in [0.29, 0.717) is 0 Å². The van der Waals surface area contributed by atoms with Gasteiger partial charge in [-0.25, -0.2) is 0 Å². The zero-order chi connectivity index (χ0) is 13.8. The molecule has 4 heteroatoms. The summed E-state index contributed by atoms with van der Waals surface area (Å²) in [6.45, 7) is 5.16. The van der Waals surface area contributed by atoms with Gasteiger partial charge in [-0.1, -0.05) is 24.6 Å². The van der Waals surface area contributed by atoms with Crippen LogP contribution in [-0.4, -0.2) is 6.54 Å². The molecule has 2 nitrogen and oxygen atoms in total. The summed E-state index contributed by atoms with van der Waals surface area (Å²) in [4.78, 5) is 0. The van der Waals surface area contributed by atoms with Crippen LogP contribution in [0, 0.1) is 6.92 Å². The molecule has 102 valence electrons. The van der Waals surface area contributed by atoms with Gasteiger partial charge < -0.3 is 9.73 Å². The number of benzene rings is 1. The Hall–Kier alpha value is -0.770. The fourth-order valence-electron chi connectivity index (χ4n) is 2.06. The molecule has 1 N–H and O–H groups in total. The summed E-state index contributed by atoms with van der Waals surface area (Å²) in [6, 6.07) is 9.88. The lowest BCUT2D eigenvalue weighted by Gasteiger charge is -2.19. The molecule has 1 unspecified atom stereocenters. The third-order valence-electron chi connectivity index (χ3n) is 3.03. The highest BCUT2D eigenvalue weighted by molar-refractivity contribution is 9.10. The van der Waals surface area contributed by atoms with Crippen molar-refractivity contribution >= 4 is 27.5 Å². The number of nitrogens with one attached hydrogen (secondary N) is 1. The Balaban J connectivity index is 2.39. The van der Waals surface area contributed by atoms with Gasteiger partial charge in [0.2, 0.25) is 0 Å². The molecule has 2 aromatic rings. The van der Waals surface area contributed by atoms with Crippen molar-refractivity contribution in [2.75, 3.05) is 6.54 Å². The van der Waals surface area contributed by atoms with Crippen molar-refractivity contribution in [3.63, 3.8) is 0 Å². The van der Waals surface area contributed by atoms with Gasteiger partial charge in [0, 0.05) is 5.02 Å². The van der Waals surface area contributed by atoms with E-state index in [1.54, 1.807) is 0 Å². The number of hydrogen-bond acceptors (Lipinski definition) is 2. The normalized spacial score (nSPS) is 12.6. The molecule has 0 amide bonds. The molecule has 0 aliphatic carbocycles. The predicted octanol–water partition coefficient (Wildman–Crippen LogP) is 5.09. The van der Waals surface area contributed by atoms with Gasteiger partial charge in [-0.15, -0.1) is 0 Å². The maximum Gasteiger partial charge on any atom is 0.169 e. The summed E-state index contributed by atoms with van der Waals surface area (Å²) in [6.07, 6.45) is 1.07. The SMILES string of the molecule is CCCNC(c1ccc(Br)o1)c1cc(Cl)ccc1C. The number of aryl methyl sites for hydroxylation is 1. The van der Waals surface area contributed by atoms with Gasteiger partial charge in [0.1, 0.15) is 5.76 Å². The van der Waals surface area contributed by atoms with Crippen LogP contribution in [0.1, 0.15) is 36.3 Å². The molecule has 0 aliphatic rings. The van der Waals surface area contributed by atoms with Crippen LogP contribution in [0.4, 0.5) is 0 Å². The molecular formula is C15H17BrClNO. The first-order valence-corrected chi connectivity index (χ1v) is 7.53. The van der Waals surface area contributed by atoms with Crippen molar-refractivity contribution in [3.05, 3.63) is 56.9 Å². The van der Waals surface area contributed by atoms with Gasteiger partial charge >= 0.3 is 0 Å². The van der Waals surface area contributed by atoms with Gasteiger partial charge in [-0.05, 0) is 71.2 Å². The topological polar surface area (TPSA) is 25.2 Å². The van der Waals surface area contributed by atoms with Crippen molar-refractivity contribution < 1.29 is 4.42 Å². The molecule has 0 fully saturated rings. The average molecular weight is 343 g/mol. The van der Waals surface area contributed by atoms with Crippen LogP contribution in [0.3, 0.4) is 0 Å². The first kappa shape index (κ1) is 14.6. The second kappa shape index (κ2) is 6.60. The number of rotatable bonds is 5. The Morgan fingerprint density at radius 3 is 2.74 bits per heavy atom. The van der Waals surface area contributed by atoms with Crippen molar-refractivity contribution in [3.8, 4) is 0 Å². The lowest BCUT2D eigenvalue weighted by Crippen LogP contribution is -2.23. The molecule has 0 saturated heterocycles. The standard InChI is InChI=1S/C15H17BrClNO/c1-3-8-18-15(13-6-7-14(16)19-13)12-9-11(17)5-4-10(12)2/h4-7,9,15,18H,3,8H2,1-2H3. The maximum atomic E-state index is 6.12. The summed E-state index contributed by atoms with van der Waals surface area (Å²) in [7, 11) is 0. The summed E-state index contributed by atoms with van der Waals surface area (Å²) in [5, 5.41) is 4.26. The average Bonchev–Trinajstić information content (AvgIpc) is 2.80. The summed E-state index contributed by atoms with van der Waals surface area (Å²) in [5.41, 5.74) is 2.35. The fourth-order valence-corrected chi connectivity index (χ4v) is 2.56. The minimum atomic E-state index is 0.0324. The van der Waals surface area contributed by atoms with Crippen molar-refractivity contribution in [2.24, 2.45) is 0 Å². The van der Waals surface area contributed by atoms with Crippen LogP contribution in [0.2, 0.25) is 5.02 Å². The van der Waals surface area contributed by atoms with E-state index in [1.807, 2.05) is 30.3 Å². The molecule has 1 atom stereocenters. The van der Waals surface area contributed by atoms with Crippen LogP contribution < -0.4 is 5.32 Å². The van der Waals surface area contributed by atoms with E-state index < -0.39 is 0 Å². The molecule has 0 spiro atoms. The smallest absolute Gasteiger partial charge is 0.169 e. The van der Waals surface area contributed by atoms with E-state index in [2.05, 4.69) is 35.1 Å². The van der Waals surface area contributed by atoms with E-state index in [9.17, 15) is 0 Å². The highest BCUT2D eigenvalue weighted by Crippen LogP contribution is 2.29. The maximum absolute atomic E-state index is 6.12. The van der Waals surface area contributed by atoms with Crippen LogP contribution in [-0.2, 0) is 0 Å². The molecule has 0 bridgehead atoms. The molecule has 0 saturated carbocycles. The number of hydrogen-bond donors (Lipinski definition) is 1. The second-order valence-electron chi connectivity index (χ2n) is 4.53. The molecule has 0 radical (unpaired) electrons. The highest BCUT2D eigenvalue weighted by atomic mass is 79.9. The third-order valence-corrected chi connectivity index (χ3v) is 3.69. The minimum Gasteiger partial charge on any atom is -0.452 e.